The normalized spacial score (nSPS) is 12.9. The van der Waals surface area contributed by atoms with Crippen LogP contribution in [0.3, 0.4) is 0 Å². The highest BCUT2D eigenvalue weighted by molar-refractivity contribution is 6.15. The molecule has 1 amide bonds. The second-order valence-corrected chi connectivity index (χ2v) is 3.51. The maximum absolute atomic E-state index is 11.5. The molecule has 0 saturated carbocycles. The minimum atomic E-state index is -1.18. The van der Waals surface area contributed by atoms with E-state index in [-0.39, 0.29) is 16.7 Å². The average molecular weight is 249 g/mol. The third kappa shape index (κ3) is 2.05. The third-order valence-corrected chi connectivity index (χ3v) is 2.31. The molecule has 18 heavy (non-hydrogen) atoms. The zero-order chi connectivity index (χ0) is 13.3. The molecule has 0 fully saturated rings. The molecule has 0 saturated heterocycles. The number of amides is 1. The van der Waals surface area contributed by atoms with Crippen molar-refractivity contribution in [2.75, 3.05) is 6.54 Å². The molecule has 0 unspecified atom stereocenters. The second-order valence-electron chi connectivity index (χ2n) is 3.51. The zero-order valence-electron chi connectivity index (χ0n) is 8.93. The Labute approximate surface area is 100 Å². The number of nitrogens with one attached hydrogen (secondary N) is 1. The van der Waals surface area contributed by atoms with Crippen LogP contribution in [0.4, 0.5) is 0 Å². The van der Waals surface area contributed by atoms with Crippen LogP contribution in [-0.2, 0) is 9.53 Å². The van der Waals surface area contributed by atoms with Crippen LogP contribution in [0.2, 0.25) is 0 Å². The highest BCUT2D eigenvalue weighted by atomic mass is 16.6. The first-order chi connectivity index (χ1) is 8.49. The van der Waals surface area contributed by atoms with Crippen molar-refractivity contribution in [3.63, 3.8) is 0 Å². The van der Waals surface area contributed by atoms with Crippen LogP contribution in [0.1, 0.15) is 31.1 Å². The van der Waals surface area contributed by atoms with E-state index in [0.29, 0.717) is 0 Å². The van der Waals surface area contributed by atoms with Crippen molar-refractivity contribution >= 4 is 23.8 Å². The van der Waals surface area contributed by atoms with E-state index in [1.54, 1.807) is 0 Å². The minimum Gasteiger partial charge on any atom is -0.480 e. The van der Waals surface area contributed by atoms with E-state index in [2.05, 4.69) is 10.1 Å². The number of aliphatic carboxylic acids is 1. The summed E-state index contributed by atoms with van der Waals surface area (Å²) >= 11 is 0. The Bertz CT molecular complexity index is 577. The molecule has 1 aliphatic rings. The van der Waals surface area contributed by atoms with E-state index in [1.165, 1.54) is 18.2 Å². The summed E-state index contributed by atoms with van der Waals surface area (Å²) in [5, 5.41) is 10.5. The number of carboxylic acid groups (broad SMARTS) is 1. The summed E-state index contributed by atoms with van der Waals surface area (Å²) in [5.41, 5.74) is 0.180. The molecule has 1 heterocycles. The van der Waals surface area contributed by atoms with Gasteiger partial charge in [0.2, 0.25) is 0 Å². The van der Waals surface area contributed by atoms with Crippen molar-refractivity contribution in [2.45, 2.75) is 0 Å². The lowest BCUT2D eigenvalue weighted by molar-refractivity contribution is -0.135. The molecule has 2 N–H and O–H groups in total. The van der Waals surface area contributed by atoms with Crippen LogP contribution < -0.4 is 5.32 Å². The van der Waals surface area contributed by atoms with E-state index >= 15 is 0 Å². The molecule has 7 heteroatoms. The van der Waals surface area contributed by atoms with Gasteiger partial charge in [0, 0.05) is 5.56 Å². The summed E-state index contributed by atoms with van der Waals surface area (Å²) in [6.07, 6.45) is 0. The Balaban J connectivity index is 2.24. The lowest BCUT2D eigenvalue weighted by Crippen LogP contribution is -2.29. The largest absolute Gasteiger partial charge is 0.480 e. The molecular weight excluding hydrogens is 242 g/mol. The van der Waals surface area contributed by atoms with Crippen molar-refractivity contribution in [3.8, 4) is 0 Å². The van der Waals surface area contributed by atoms with E-state index in [0.717, 1.165) is 0 Å². The first-order valence-corrected chi connectivity index (χ1v) is 4.89. The Morgan fingerprint density at radius 3 is 2.50 bits per heavy atom. The number of hydrogen-bond acceptors (Lipinski definition) is 5. The van der Waals surface area contributed by atoms with Crippen molar-refractivity contribution in [3.05, 3.63) is 34.9 Å². The van der Waals surface area contributed by atoms with Gasteiger partial charge in [0.1, 0.15) is 6.54 Å². The monoisotopic (exact) mass is 249 g/mol. The number of cyclic esters (lactones) is 2. The van der Waals surface area contributed by atoms with Gasteiger partial charge < -0.3 is 15.2 Å². The Kier molecular flexibility index (Phi) is 2.80. The van der Waals surface area contributed by atoms with E-state index in [4.69, 9.17) is 5.11 Å². The van der Waals surface area contributed by atoms with Gasteiger partial charge >= 0.3 is 17.9 Å². The molecule has 1 aromatic carbocycles. The summed E-state index contributed by atoms with van der Waals surface area (Å²) < 4.78 is 4.36. The predicted octanol–water partition coefficient (Wildman–Crippen LogP) is -0.188. The van der Waals surface area contributed by atoms with Crippen molar-refractivity contribution in [1.29, 1.82) is 0 Å². The van der Waals surface area contributed by atoms with Crippen LogP contribution >= 0.6 is 0 Å². The number of carboxylic acids is 1. The van der Waals surface area contributed by atoms with Gasteiger partial charge in [-0.1, -0.05) is 0 Å². The SMILES string of the molecule is O=C(O)CNC(=O)c1ccc2c(c1)C(=O)OC2=O. The van der Waals surface area contributed by atoms with Gasteiger partial charge in [-0.3, -0.25) is 9.59 Å². The molecule has 0 bridgehead atoms. The molecule has 0 atom stereocenters. The summed E-state index contributed by atoms with van der Waals surface area (Å²) in [6.45, 7) is -0.528. The second kappa shape index (κ2) is 4.28. The van der Waals surface area contributed by atoms with Crippen molar-refractivity contribution in [2.24, 2.45) is 0 Å². The number of hydrogen-bond donors (Lipinski definition) is 2. The minimum absolute atomic E-state index is 0.00275. The van der Waals surface area contributed by atoms with Crippen LogP contribution in [0.25, 0.3) is 0 Å². The smallest absolute Gasteiger partial charge is 0.346 e. The van der Waals surface area contributed by atoms with Crippen molar-refractivity contribution in [1.82, 2.24) is 5.32 Å². The molecule has 1 aliphatic heterocycles. The Hall–Kier alpha value is -2.70. The number of rotatable bonds is 3. The quantitative estimate of drug-likeness (QED) is 0.567. The van der Waals surface area contributed by atoms with Crippen LogP contribution in [0.15, 0.2) is 18.2 Å². The molecule has 92 valence electrons. The molecule has 0 radical (unpaired) electrons. The molecule has 1 aromatic rings. The molecule has 2 rings (SSSR count). The van der Waals surface area contributed by atoms with Gasteiger partial charge in [0.05, 0.1) is 11.1 Å². The number of benzene rings is 1. The molecule has 7 nitrogen and oxygen atoms in total. The maximum Gasteiger partial charge on any atom is 0.346 e. The van der Waals surface area contributed by atoms with Gasteiger partial charge in [-0.15, -0.1) is 0 Å². The number of carbonyl (C=O) groups excluding carboxylic acids is 3. The van der Waals surface area contributed by atoms with E-state index in [9.17, 15) is 19.2 Å². The number of ether oxygens (including phenoxy) is 1. The zero-order valence-corrected chi connectivity index (χ0v) is 8.93. The lowest BCUT2D eigenvalue weighted by Gasteiger charge is -2.02. The first-order valence-electron chi connectivity index (χ1n) is 4.89. The number of carbonyl (C=O) groups is 4. The molecule has 0 aliphatic carbocycles. The summed E-state index contributed by atoms with van der Waals surface area (Å²) in [7, 11) is 0. The fourth-order valence-corrected chi connectivity index (χ4v) is 1.48. The molecule has 0 spiro atoms. The summed E-state index contributed by atoms with van der Waals surface area (Å²) in [6, 6.07) is 3.80. The van der Waals surface area contributed by atoms with Gasteiger partial charge in [-0.2, -0.15) is 0 Å². The van der Waals surface area contributed by atoms with Crippen LogP contribution in [0, 0.1) is 0 Å². The van der Waals surface area contributed by atoms with Crippen LogP contribution in [0.5, 0.6) is 0 Å². The lowest BCUT2D eigenvalue weighted by atomic mass is 10.1. The van der Waals surface area contributed by atoms with Gasteiger partial charge in [0.15, 0.2) is 0 Å². The van der Waals surface area contributed by atoms with Crippen molar-refractivity contribution < 1.29 is 29.0 Å². The fraction of sp³-hybridized carbons (Fsp3) is 0.0909. The topological polar surface area (TPSA) is 110 Å². The number of esters is 2. The highest BCUT2D eigenvalue weighted by Crippen LogP contribution is 2.21. The Morgan fingerprint density at radius 1 is 1.17 bits per heavy atom. The Morgan fingerprint density at radius 2 is 1.83 bits per heavy atom. The standard InChI is InChI=1S/C11H7NO6/c13-8(14)4-12-9(15)5-1-2-6-7(3-5)11(17)18-10(6)16/h1-3H,4H2,(H,12,15)(H,13,14). The fourth-order valence-electron chi connectivity index (χ4n) is 1.48. The molecule has 0 aromatic heterocycles. The van der Waals surface area contributed by atoms with E-state index < -0.39 is 30.4 Å². The third-order valence-electron chi connectivity index (χ3n) is 2.31. The molecular formula is C11H7NO6. The highest BCUT2D eigenvalue weighted by Gasteiger charge is 2.30. The summed E-state index contributed by atoms with van der Waals surface area (Å²) in [5.74, 6) is -3.40. The first kappa shape index (κ1) is 11.8. The maximum atomic E-state index is 11.5. The van der Waals surface area contributed by atoms with E-state index in [1.807, 2.05) is 0 Å². The predicted molar refractivity (Wildman–Crippen MR) is 56.2 cm³/mol. The van der Waals surface area contributed by atoms with Gasteiger partial charge in [-0.25, -0.2) is 9.59 Å². The van der Waals surface area contributed by atoms with Gasteiger partial charge in [0.25, 0.3) is 5.91 Å². The van der Waals surface area contributed by atoms with Gasteiger partial charge in [-0.05, 0) is 18.2 Å². The summed E-state index contributed by atoms with van der Waals surface area (Å²) in [4.78, 5) is 44.2. The van der Waals surface area contributed by atoms with Crippen LogP contribution in [-0.4, -0.2) is 35.5 Å². The average Bonchev–Trinajstić information content (AvgIpc) is 2.61. The number of fused-ring (bicyclic) bond motifs is 1.